The topological polar surface area (TPSA) is 47.3 Å². The average molecular weight is 349 g/mol. The number of anilines is 1. The van der Waals surface area contributed by atoms with Crippen molar-refractivity contribution in [1.29, 1.82) is 0 Å². The number of hydrogen-bond acceptors (Lipinski definition) is 3. The van der Waals surface area contributed by atoms with E-state index in [9.17, 15) is 4.39 Å². The predicted molar refractivity (Wildman–Crippen MR) is 84.2 cm³/mol. The molecule has 6 heteroatoms. The fourth-order valence-corrected chi connectivity index (χ4v) is 2.49. The monoisotopic (exact) mass is 348 g/mol. The number of ether oxygens (including phenoxy) is 1. The number of nitrogens with two attached hydrogens (primary N) is 1. The minimum atomic E-state index is -0.405. The molecule has 0 aromatic heterocycles. The zero-order chi connectivity index (χ0) is 14.6. The van der Waals surface area contributed by atoms with Crippen molar-refractivity contribution in [1.82, 2.24) is 0 Å². The molecule has 0 fully saturated rings. The Morgan fingerprint density at radius 2 is 2.16 bits per heavy atom. The molecule has 106 valence electrons. The summed E-state index contributed by atoms with van der Waals surface area (Å²) in [5, 5.41) is 3.03. The van der Waals surface area contributed by atoms with Crippen LogP contribution in [-0.4, -0.2) is 23.7 Å². The molecule has 0 bridgehead atoms. The van der Waals surface area contributed by atoms with Crippen LogP contribution in [0.3, 0.4) is 0 Å². The third-order valence-corrected chi connectivity index (χ3v) is 3.58. The van der Waals surface area contributed by atoms with Gasteiger partial charge in [-0.25, -0.2) is 4.39 Å². The third kappa shape index (κ3) is 4.40. The average Bonchev–Trinajstić information content (AvgIpc) is 2.30. The Morgan fingerprint density at radius 1 is 1.53 bits per heavy atom. The van der Waals surface area contributed by atoms with Crippen LogP contribution in [0.5, 0.6) is 0 Å². The molecule has 0 radical (unpaired) electrons. The van der Waals surface area contributed by atoms with Gasteiger partial charge in [0, 0.05) is 18.7 Å². The lowest BCUT2D eigenvalue weighted by Gasteiger charge is -2.25. The van der Waals surface area contributed by atoms with Crippen LogP contribution in [0.2, 0.25) is 0 Å². The summed E-state index contributed by atoms with van der Waals surface area (Å²) in [4.78, 5) is 0.159. The second-order valence-corrected chi connectivity index (χ2v) is 5.93. The van der Waals surface area contributed by atoms with Gasteiger partial charge in [0.2, 0.25) is 0 Å². The molecule has 1 aromatic carbocycles. The molecule has 0 aliphatic carbocycles. The van der Waals surface area contributed by atoms with Crippen LogP contribution in [0.4, 0.5) is 10.1 Å². The summed E-state index contributed by atoms with van der Waals surface area (Å²) in [7, 11) is 0. The van der Waals surface area contributed by atoms with E-state index >= 15 is 0 Å². The minimum absolute atomic E-state index is 0.159. The van der Waals surface area contributed by atoms with E-state index in [0.29, 0.717) is 24.4 Å². The molecule has 3 nitrogen and oxygen atoms in total. The lowest BCUT2D eigenvalue weighted by Crippen LogP contribution is -2.33. The second kappa shape index (κ2) is 6.63. The predicted octanol–water partition coefficient (Wildman–Crippen LogP) is 3.45. The molecule has 3 N–H and O–H groups in total. The molecular weight excluding hydrogens is 331 g/mol. The Morgan fingerprint density at radius 3 is 2.68 bits per heavy atom. The Hall–Kier alpha value is -0.720. The standard InChI is InChI=1S/C13H18BrFN2OS/c1-4-18-13(2,3)7-17-9-6-5-8(12(16)19)10(14)11(9)15/h5-6,17H,4,7H2,1-3H3,(H2,16,19). The first-order valence-corrected chi connectivity index (χ1v) is 7.14. The molecule has 0 spiro atoms. The van der Waals surface area contributed by atoms with E-state index in [2.05, 4.69) is 21.2 Å². The van der Waals surface area contributed by atoms with E-state index in [-0.39, 0.29) is 15.1 Å². The zero-order valence-electron chi connectivity index (χ0n) is 11.2. The molecule has 1 aromatic rings. The summed E-state index contributed by atoms with van der Waals surface area (Å²) >= 11 is 8.02. The number of halogens is 2. The number of hydrogen-bond donors (Lipinski definition) is 2. The van der Waals surface area contributed by atoms with Crippen molar-refractivity contribution in [3.63, 3.8) is 0 Å². The van der Waals surface area contributed by atoms with Gasteiger partial charge in [-0.05, 0) is 48.8 Å². The van der Waals surface area contributed by atoms with Gasteiger partial charge in [0.1, 0.15) is 4.99 Å². The van der Waals surface area contributed by atoms with E-state index in [4.69, 9.17) is 22.7 Å². The largest absolute Gasteiger partial charge is 0.389 e. The summed E-state index contributed by atoms with van der Waals surface area (Å²) < 4.78 is 19.9. The third-order valence-electron chi connectivity index (χ3n) is 2.59. The van der Waals surface area contributed by atoms with E-state index in [1.54, 1.807) is 12.1 Å². The van der Waals surface area contributed by atoms with Crippen molar-refractivity contribution in [2.24, 2.45) is 5.73 Å². The summed E-state index contributed by atoms with van der Waals surface area (Å²) in [5.41, 5.74) is 6.02. The lowest BCUT2D eigenvalue weighted by molar-refractivity contribution is 0.000661. The van der Waals surface area contributed by atoms with Gasteiger partial charge in [-0.1, -0.05) is 12.2 Å². The molecule has 0 aliphatic rings. The molecular formula is C13H18BrFN2OS. The highest BCUT2D eigenvalue weighted by atomic mass is 79.9. The van der Waals surface area contributed by atoms with Crippen molar-refractivity contribution >= 4 is 38.8 Å². The molecule has 0 saturated carbocycles. The van der Waals surface area contributed by atoms with Crippen molar-refractivity contribution < 1.29 is 9.13 Å². The number of rotatable bonds is 6. The maximum atomic E-state index is 14.1. The van der Waals surface area contributed by atoms with Crippen LogP contribution in [0.15, 0.2) is 16.6 Å². The Balaban J connectivity index is 2.87. The molecule has 0 aliphatic heterocycles. The van der Waals surface area contributed by atoms with Gasteiger partial charge in [0.15, 0.2) is 5.82 Å². The lowest BCUT2D eigenvalue weighted by atomic mass is 10.1. The van der Waals surface area contributed by atoms with Crippen molar-refractivity contribution in [2.45, 2.75) is 26.4 Å². The fraction of sp³-hybridized carbons (Fsp3) is 0.462. The molecule has 0 atom stereocenters. The first kappa shape index (κ1) is 16.3. The Kier molecular flexibility index (Phi) is 5.70. The highest BCUT2D eigenvalue weighted by Gasteiger charge is 2.19. The van der Waals surface area contributed by atoms with Gasteiger partial charge in [0.05, 0.1) is 15.8 Å². The SMILES string of the molecule is CCOC(C)(C)CNc1ccc(C(N)=S)c(Br)c1F. The zero-order valence-corrected chi connectivity index (χ0v) is 13.6. The van der Waals surface area contributed by atoms with Gasteiger partial charge in [-0.3, -0.25) is 0 Å². The summed E-state index contributed by atoms with van der Waals surface area (Å²) in [6.07, 6.45) is 0. The Bertz CT molecular complexity index is 480. The molecule has 0 amide bonds. The summed E-state index contributed by atoms with van der Waals surface area (Å²) in [6, 6.07) is 3.31. The normalized spacial score (nSPS) is 11.4. The second-order valence-electron chi connectivity index (χ2n) is 4.70. The van der Waals surface area contributed by atoms with Crippen LogP contribution >= 0.6 is 28.1 Å². The maximum absolute atomic E-state index is 14.1. The van der Waals surface area contributed by atoms with Crippen LogP contribution in [0, 0.1) is 5.82 Å². The maximum Gasteiger partial charge on any atom is 0.161 e. The van der Waals surface area contributed by atoms with Gasteiger partial charge < -0.3 is 15.8 Å². The fourth-order valence-electron chi connectivity index (χ4n) is 1.63. The summed E-state index contributed by atoms with van der Waals surface area (Å²) in [5.74, 6) is -0.405. The van der Waals surface area contributed by atoms with Gasteiger partial charge >= 0.3 is 0 Å². The quantitative estimate of drug-likeness (QED) is 0.773. The van der Waals surface area contributed by atoms with Crippen LogP contribution in [-0.2, 0) is 4.74 Å². The first-order chi connectivity index (χ1) is 8.78. The summed E-state index contributed by atoms with van der Waals surface area (Å²) in [6.45, 7) is 6.92. The number of benzene rings is 1. The minimum Gasteiger partial charge on any atom is -0.389 e. The first-order valence-electron chi connectivity index (χ1n) is 5.94. The smallest absolute Gasteiger partial charge is 0.161 e. The highest BCUT2D eigenvalue weighted by molar-refractivity contribution is 9.10. The van der Waals surface area contributed by atoms with E-state index in [0.717, 1.165) is 0 Å². The van der Waals surface area contributed by atoms with E-state index < -0.39 is 5.82 Å². The van der Waals surface area contributed by atoms with Crippen LogP contribution in [0.1, 0.15) is 26.3 Å². The van der Waals surface area contributed by atoms with Crippen molar-refractivity contribution in [3.8, 4) is 0 Å². The molecule has 1 rings (SSSR count). The molecule has 0 saturated heterocycles. The molecule has 19 heavy (non-hydrogen) atoms. The molecule has 0 heterocycles. The van der Waals surface area contributed by atoms with Gasteiger partial charge in [0.25, 0.3) is 0 Å². The van der Waals surface area contributed by atoms with Crippen LogP contribution in [0.25, 0.3) is 0 Å². The Labute approximate surface area is 126 Å². The number of nitrogens with one attached hydrogen (secondary N) is 1. The van der Waals surface area contributed by atoms with Crippen molar-refractivity contribution in [2.75, 3.05) is 18.5 Å². The van der Waals surface area contributed by atoms with Crippen LogP contribution < -0.4 is 11.1 Å². The van der Waals surface area contributed by atoms with E-state index in [1.807, 2.05) is 20.8 Å². The van der Waals surface area contributed by atoms with Gasteiger partial charge in [-0.2, -0.15) is 0 Å². The number of thiocarbonyl (C=S) groups is 1. The van der Waals surface area contributed by atoms with Gasteiger partial charge in [-0.15, -0.1) is 0 Å². The van der Waals surface area contributed by atoms with Crippen molar-refractivity contribution in [3.05, 3.63) is 28.0 Å². The van der Waals surface area contributed by atoms with E-state index in [1.165, 1.54) is 0 Å². The molecule has 0 unspecified atom stereocenters. The highest BCUT2D eigenvalue weighted by Crippen LogP contribution is 2.27.